The summed E-state index contributed by atoms with van der Waals surface area (Å²) in [5.41, 5.74) is 1.52. The van der Waals surface area contributed by atoms with Gasteiger partial charge in [-0.05, 0) is 29.8 Å². The van der Waals surface area contributed by atoms with Crippen molar-refractivity contribution >= 4 is 44.1 Å². The Hall–Kier alpha value is -1.20. The lowest BCUT2D eigenvalue weighted by molar-refractivity contribution is 0.935. The minimum Gasteiger partial charge on any atom is -0.218 e. The number of halogens is 2. The zero-order valence-electron chi connectivity index (χ0n) is 7.35. The first-order valence-electron chi connectivity index (χ1n) is 4.20. The highest BCUT2D eigenvalue weighted by molar-refractivity contribution is 9.10. The van der Waals surface area contributed by atoms with Crippen molar-refractivity contribution in [1.29, 1.82) is 0 Å². The Morgan fingerprint density at radius 2 is 2.20 bits per heavy atom. The first-order valence-corrected chi connectivity index (χ1v) is 5.37. The maximum atomic E-state index is 5.96. The van der Waals surface area contributed by atoms with E-state index >= 15 is 0 Å². The zero-order valence-corrected chi connectivity index (χ0v) is 9.70. The molecule has 15 heavy (non-hydrogen) atoms. The van der Waals surface area contributed by atoms with Gasteiger partial charge < -0.3 is 0 Å². The molecule has 0 saturated carbocycles. The smallest absolute Gasteiger partial charge is 0.218 e. The van der Waals surface area contributed by atoms with Crippen molar-refractivity contribution in [3.8, 4) is 0 Å². The molecule has 0 N–H and O–H groups in total. The van der Waals surface area contributed by atoms with Crippen LogP contribution in [0.3, 0.4) is 0 Å². The summed E-state index contributed by atoms with van der Waals surface area (Å²) in [5.74, 6) is 0. The molecular weight excluding hydrogens is 279 g/mol. The molecule has 0 fully saturated rings. The molecule has 0 aliphatic carbocycles. The first kappa shape index (κ1) is 9.06. The van der Waals surface area contributed by atoms with Crippen molar-refractivity contribution < 1.29 is 0 Å². The summed E-state index contributed by atoms with van der Waals surface area (Å²) in [5, 5.41) is 5.23. The third-order valence-corrected chi connectivity index (χ3v) is 2.87. The van der Waals surface area contributed by atoms with Gasteiger partial charge in [-0.25, -0.2) is 9.97 Å². The molecule has 6 heteroatoms. The van der Waals surface area contributed by atoms with Gasteiger partial charge in [0.05, 0.1) is 5.52 Å². The summed E-state index contributed by atoms with van der Waals surface area (Å²) < 4.78 is 2.47. The minimum absolute atomic E-state index is 0.313. The van der Waals surface area contributed by atoms with E-state index < -0.39 is 0 Å². The van der Waals surface area contributed by atoms with Crippen molar-refractivity contribution in [1.82, 2.24) is 19.6 Å². The molecule has 0 bridgehead atoms. The number of rotatable bonds is 0. The minimum atomic E-state index is 0.313. The summed E-state index contributed by atoms with van der Waals surface area (Å²) in [6.45, 7) is 0. The second-order valence-electron chi connectivity index (χ2n) is 3.04. The molecule has 0 aliphatic heterocycles. The van der Waals surface area contributed by atoms with E-state index in [-0.39, 0.29) is 0 Å². The molecule has 0 saturated heterocycles. The van der Waals surface area contributed by atoms with Gasteiger partial charge in [-0.2, -0.15) is 9.61 Å². The monoisotopic (exact) mass is 282 g/mol. The van der Waals surface area contributed by atoms with E-state index in [1.165, 1.54) is 10.8 Å². The fourth-order valence-corrected chi connectivity index (χ4v) is 2.06. The van der Waals surface area contributed by atoms with Crippen LogP contribution in [0.15, 0.2) is 29.0 Å². The molecule has 4 nitrogen and oxygen atoms in total. The number of nitrogens with zero attached hydrogens (tertiary/aromatic N) is 4. The molecule has 0 unspecified atom stereocenters. The average molecular weight is 284 g/mol. The van der Waals surface area contributed by atoms with Gasteiger partial charge in [0.15, 0.2) is 5.65 Å². The molecule has 74 valence electrons. The van der Waals surface area contributed by atoms with E-state index in [1.54, 1.807) is 0 Å². The highest BCUT2D eigenvalue weighted by atomic mass is 79.9. The maximum Gasteiger partial charge on any atom is 0.226 e. The summed E-state index contributed by atoms with van der Waals surface area (Å²) in [6.07, 6.45) is 1.46. The summed E-state index contributed by atoms with van der Waals surface area (Å²) in [6, 6.07) is 5.77. The standard InChI is InChI=1S/C9H4BrClN4/c10-5-1-2-6-7(3-5)14-9(11)15-8(6)12-4-13-15/h1-4H. The van der Waals surface area contributed by atoms with E-state index in [0.29, 0.717) is 5.28 Å². The Morgan fingerprint density at radius 1 is 1.33 bits per heavy atom. The zero-order chi connectivity index (χ0) is 10.4. The van der Waals surface area contributed by atoms with E-state index in [2.05, 4.69) is 31.0 Å². The molecule has 0 atom stereocenters. The third-order valence-electron chi connectivity index (χ3n) is 2.14. The van der Waals surface area contributed by atoms with Gasteiger partial charge >= 0.3 is 0 Å². The molecule has 0 aliphatic rings. The third kappa shape index (κ3) is 1.31. The quantitative estimate of drug-likeness (QED) is 0.596. The lowest BCUT2D eigenvalue weighted by Crippen LogP contribution is -1.94. The average Bonchev–Trinajstić information content (AvgIpc) is 2.66. The fraction of sp³-hybridized carbons (Fsp3) is 0. The predicted molar refractivity (Wildman–Crippen MR) is 61.0 cm³/mol. The summed E-state index contributed by atoms with van der Waals surface area (Å²) in [7, 11) is 0. The predicted octanol–water partition coefficient (Wildman–Crippen LogP) is 2.69. The van der Waals surface area contributed by atoms with Gasteiger partial charge in [0.2, 0.25) is 5.28 Å². The summed E-state index contributed by atoms with van der Waals surface area (Å²) >= 11 is 9.35. The van der Waals surface area contributed by atoms with Crippen LogP contribution in [0.5, 0.6) is 0 Å². The van der Waals surface area contributed by atoms with Crippen LogP contribution in [-0.2, 0) is 0 Å². The summed E-state index contributed by atoms with van der Waals surface area (Å²) in [4.78, 5) is 8.38. The number of benzene rings is 1. The van der Waals surface area contributed by atoms with Crippen molar-refractivity contribution in [2.24, 2.45) is 0 Å². The van der Waals surface area contributed by atoms with E-state index in [1.807, 2.05) is 18.2 Å². The van der Waals surface area contributed by atoms with Gasteiger partial charge in [0, 0.05) is 9.86 Å². The molecule has 1 aromatic carbocycles. The Bertz CT molecular complexity index is 664. The normalized spacial score (nSPS) is 11.3. The Kier molecular flexibility index (Phi) is 1.90. The van der Waals surface area contributed by atoms with Gasteiger partial charge in [-0.15, -0.1) is 0 Å². The van der Waals surface area contributed by atoms with Crippen LogP contribution >= 0.6 is 27.5 Å². The Labute approximate surface area is 98.0 Å². The van der Waals surface area contributed by atoms with Gasteiger partial charge in [0.1, 0.15) is 6.33 Å². The maximum absolute atomic E-state index is 5.96. The number of hydrogen-bond donors (Lipinski definition) is 0. The highest BCUT2D eigenvalue weighted by Crippen LogP contribution is 2.23. The largest absolute Gasteiger partial charge is 0.226 e. The number of aromatic nitrogens is 4. The highest BCUT2D eigenvalue weighted by Gasteiger charge is 2.08. The van der Waals surface area contributed by atoms with Crippen molar-refractivity contribution in [2.45, 2.75) is 0 Å². The molecule has 0 amide bonds. The van der Waals surface area contributed by atoms with Gasteiger partial charge in [0.25, 0.3) is 0 Å². The number of hydrogen-bond acceptors (Lipinski definition) is 3. The topological polar surface area (TPSA) is 43.1 Å². The van der Waals surface area contributed by atoms with Crippen LogP contribution in [0, 0.1) is 0 Å². The van der Waals surface area contributed by atoms with Crippen LogP contribution in [0.4, 0.5) is 0 Å². The molecule has 0 radical (unpaired) electrons. The second kappa shape index (κ2) is 3.15. The van der Waals surface area contributed by atoms with Crippen molar-refractivity contribution in [3.63, 3.8) is 0 Å². The van der Waals surface area contributed by atoms with Crippen LogP contribution in [0.1, 0.15) is 0 Å². The first-order chi connectivity index (χ1) is 7.25. The fourth-order valence-electron chi connectivity index (χ4n) is 1.49. The van der Waals surface area contributed by atoms with Gasteiger partial charge in [-0.1, -0.05) is 15.9 Å². The molecule has 2 aromatic heterocycles. The van der Waals surface area contributed by atoms with E-state index in [4.69, 9.17) is 11.6 Å². The van der Waals surface area contributed by atoms with Crippen molar-refractivity contribution in [3.05, 3.63) is 34.3 Å². The molecule has 0 spiro atoms. The lowest BCUT2D eigenvalue weighted by atomic mass is 10.2. The Balaban J connectivity index is 2.60. The van der Waals surface area contributed by atoms with Crippen LogP contribution < -0.4 is 0 Å². The van der Waals surface area contributed by atoms with Crippen LogP contribution in [0.2, 0.25) is 5.28 Å². The molecule has 3 aromatic rings. The molecule has 3 rings (SSSR count). The molecule has 2 heterocycles. The van der Waals surface area contributed by atoms with E-state index in [9.17, 15) is 0 Å². The van der Waals surface area contributed by atoms with Gasteiger partial charge in [-0.3, -0.25) is 0 Å². The van der Waals surface area contributed by atoms with E-state index in [0.717, 1.165) is 21.0 Å². The van der Waals surface area contributed by atoms with Crippen LogP contribution in [-0.4, -0.2) is 19.6 Å². The van der Waals surface area contributed by atoms with Crippen LogP contribution in [0.25, 0.3) is 16.6 Å². The SMILES string of the molecule is Clc1nc2cc(Br)ccc2c2ncnn12. The second-order valence-corrected chi connectivity index (χ2v) is 4.29. The lowest BCUT2D eigenvalue weighted by Gasteiger charge is -2.01. The van der Waals surface area contributed by atoms with Crippen molar-refractivity contribution in [2.75, 3.05) is 0 Å². The molecular formula is C9H4BrClN4. The number of fused-ring (bicyclic) bond motifs is 3. The Morgan fingerprint density at radius 3 is 3.07 bits per heavy atom.